The van der Waals surface area contributed by atoms with Crippen LogP contribution in [0.15, 0.2) is 6.07 Å². The van der Waals surface area contributed by atoms with E-state index in [1.54, 1.807) is 11.0 Å². The van der Waals surface area contributed by atoms with Gasteiger partial charge in [0, 0.05) is 32.1 Å². The van der Waals surface area contributed by atoms with Crippen LogP contribution in [-0.2, 0) is 11.0 Å². The number of alkyl halides is 3. The van der Waals surface area contributed by atoms with Crippen LogP contribution in [0.5, 0.6) is 0 Å². The van der Waals surface area contributed by atoms with Crippen molar-refractivity contribution in [1.29, 1.82) is 5.26 Å². The van der Waals surface area contributed by atoms with Crippen LogP contribution in [0, 0.1) is 29.1 Å². The predicted octanol–water partition coefficient (Wildman–Crippen LogP) is 3.12. The molecule has 4 atom stereocenters. The molecule has 1 saturated carbocycles. The van der Waals surface area contributed by atoms with Gasteiger partial charge in [0.15, 0.2) is 0 Å². The van der Waals surface area contributed by atoms with Crippen molar-refractivity contribution in [2.24, 2.45) is 17.8 Å². The Morgan fingerprint density at radius 3 is 2.54 bits per heavy atom. The molecule has 4 fully saturated rings. The van der Waals surface area contributed by atoms with Crippen molar-refractivity contribution >= 4 is 17.6 Å². The fourth-order valence-electron chi connectivity index (χ4n) is 4.76. The van der Waals surface area contributed by atoms with Crippen LogP contribution < -0.4 is 9.80 Å². The summed E-state index contributed by atoms with van der Waals surface area (Å²) in [5.41, 5.74) is -1.37. The van der Waals surface area contributed by atoms with E-state index in [0.717, 1.165) is 18.9 Å². The summed E-state index contributed by atoms with van der Waals surface area (Å²) in [6, 6.07) is 2.73. The zero-order chi connectivity index (χ0) is 20.2. The molecule has 3 saturated heterocycles. The number of carbonyl (C=O) groups is 1. The number of carboxylic acid groups (broad SMARTS) is 1. The third-order valence-electron chi connectivity index (χ3n) is 6.46. The average Bonchev–Trinajstić information content (AvgIpc) is 2.63. The molecule has 3 aliphatic heterocycles. The topological polar surface area (TPSA) is 80.5 Å². The highest BCUT2D eigenvalue weighted by molar-refractivity contribution is 5.68. The van der Waals surface area contributed by atoms with Crippen molar-refractivity contribution in [2.75, 3.05) is 29.4 Å². The fraction of sp³-hybridized carbons (Fsp3) is 0.632. The highest BCUT2D eigenvalue weighted by Crippen LogP contribution is 2.49. The molecule has 4 heterocycles. The summed E-state index contributed by atoms with van der Waals surface area (Å²) >= 11 is 0. The standard InChI is InChI=1S/C19H21F3N4O2/c1-10-2-3-26(10)18-14(7-23)15(19(20,21)22)6-16(24-18)25-8-11-4-12(9-25)13(11)5-17(27)28/h6,10-13H,2-5,8-9H2,1H3,(H,27,28)/t10-,11-,12+,13-/m0/s1. The Balaban J connectivity index is 1.68. The number of aliphatic carboxylic acids is 1. The predicted molar refractivity (Wildman–Crippen MR) is 94.9 cm³/mol. The highest BCUT2D eigenvalue weighted by Gasteiger charge is 2.48. The lowest BCUT2D eigenvalue weighted by molar-refractivity contribution is -0.141. The van der Waals surface area contributed by atoms with Gasteiger partial charge in [0.05, 0.1) is 5.56 Å². The third-order valence-corrected chi connectivity index (χ3v) is 6.46. The molecule has 0 unspecified atom stereocenters. The molecule has 150 valence electrons. The molecule has 6 nitrogen and oxygen atoms in total. The van der Waals surface area contributed by atoms with E-state index in [9.17, 15) is 23.2 Å². The van der Waals surface area contributed by atoms with E-state index in [4.69, 9.17) is 5.11 Å². The van der Waals surface area contributed by atoms with E-state index < -0.39 is 23.3 Å². The summed E-state index contributed by atoms with van der Waals surface area (Å²) in [4.78, 5) is 19.0. The molecule has 0 amide bonds. The van der Waals surface area contributed by atoms with E-state index in [0.29, 0.717) is 19.6 Å². The van der Waals surface area contributed by atoms with Crippen LogP contribution in [0.3, 0.4) is 0 Å². The van der Waals surface area contributed by atoms with Gasteiger partial charge in [-0.15, -0.1) is 0 Å². The molecule has 1 N–H and O–H groups in total. The number of hydrogen-bond acceptors (Lipinski definition) is 5. The molecular formula is C19H21F3N4O2. The molecule has 9 heteroatoms. The van der Waals surface area contributed by atoms with Gasteiger partial charge in [-0.1, -0.05) is 0 Å². The Kier molecular flexibility index (Phi) is 4.40. The minimum absolute atomic E-state index is 0.0469. The van der Waals surface area contributed by atoms with Gasteiger partial charge in [-0.25, -0.2) is 4.98 Å². The number of rotatable bonds is 4. The number of anilines is 2. The van der Waals surface area contributed by atoms with E-state index in [-0.39, 0.29) is 41.9 Å². The molecule has 1 aromatic rings. The number of piperidine rings is 2. The second-order valence-corrected chi connectivity index (χ2v) is 8.09. The summed E-state index contributed by atoms with van der Waals surface area (Å²) in [7, 11) is 0. The summed E-state index contributed by atoms with van der Waals surface area (Å²) in [6.45, 7) is 3.48. The summed E-state index contributed by atoms with van der Waals surface area (Å²) in [5, 5.41) is 18.4. The molecule has 2 bridgehead atoms. The molecule has 0 radical (unpaired) electrons. The number of carboxylic acids is 1. The quantitative estimate of drug-likeness (QED) is 0.845. The summed E-state index contributed by atoms with van der Waals surface area (Å²) < 4.78 is 41.0. The fourth-order valence-corrected chi connectivity index (χ4v) is 4.76. The van der Waals surface area contributed by atoms with Crippen LogP contribution in [-0.4, -0.2) is 41.7 Å². The number of halogens is 3. The number of fused-ring (bicyclic) bond motifs is 2. The second-order valence-electron chi connectivity index (χ2n) is 8.09. The molecule has 1 aromatic heterocycles. The Morgan fingerprint density at radius 2 is 2.07 bits per heavy atom. The zero-order valence-electron chi connectivity index (χ0n) is 15.4. The Hall–Kier alpha value is -2.50. The summed E-state index contributed by atoms with van der Waals surface area (Å²) in [6.07, 6.45) is -2.78. The molecule has 4 aliphatic rings. The molecule has 0 spiro atoms. The van der Waals surface area contributed by atoms with Gasteiger partial charge >= 0.3 is 12.1 Å². The lowest BCUT2D eigenvalue weighted by Crippen LogP contribution is -2.56. The van der Waals surface area contributed by atoms with Crippen LogP contribution in [0.4, 0.5) is 24.8 Å². The first-order valence-electron chi connectivity index (χ1n) is 9.44. The molecule has 1 aliphatic carbocycles. The van der Waals surface area contributed by atoms with Gasteiger partial charge in [-0.05, 0) is 43.6 Å². The monoisotopic (exact) mass is 394 g/mol. The van der Waals surface area contributed by atoms with E-state index in [1.165, 1.54) is 0 Å². The van der Waals surface area contributed by atoms with E-state index >= 15 is 0 Å². The molecule has 28 heavy (non-hydrogen) atoms. The van der Waals surface area contributed by atoms with Crippen LogP contribution in [0.25, 0.3) is 0 Å². The Bertz CT molecular complexity index is 839. The van der Waals surface area contributed by atoms with Gasteiger partial charge in [0.2, 0.25) is 0 Å². The Labute approximate surface area is 160 Å². The number of pyridine rings is 1. The van der Waals surface area contributed by atoms with Crippen LogP contribution >= 0.6 is 0 Å². The highest BCUT2D eigenvalue weighted by atomic mass is 19.4. The van der Waals surface area contributed by atoms with Gasteiger partial charge in [0.25, 0.3) is 0 Å². The van der Waals surface area contributed by atoms with Crippen LogP contribution in [0.2, 0.25) is 0 Å². The molecule has 0 aromatic carbocycles. The average molecular weight is 394 g/mol. The van der Waals surface area contributed by atoms with Gasteiger partial charge in [-0.2, -0.15) is 18.4 Å². The summed E-state index contributed by atoms with van der Waals surface area (Å²) in [5.74, 6) is -0.0977. The van der Waals surface area contributed by atoms with Gasteiger partial charge in [0.1, 0.15) is 23.3 Å². The van der Waals surface area contributed by atoms with Crippen molar-refractivity contribution in [2.45, 2.75) is 38.4 Å². The van der Waals surface area contributed by atoms with Gasteiger partial charge in [-0.3, -0.25) is 4.79 Å². The zero-order valence-corrected chi connectivity index (χ0v) is 15.4. The first-order valence-corrected chi connectivity index (χ1v) is 9.44. The number of hydrogen-bond donors (Lipinski definition) is 1. The van der Waals surface area contributed by atoms with Gasteiger partial charge < -0.3 is 14.9 Å². The molecular weight excluding hydrogens is 373 g/mol. The minimum Gasteiger partial charge on any atom is -0.481 e. The lowest BCUT2D eigenvalue weighted by atomic mass is 9.60. The second kappa shape index (κ2) is 6.54. The smallest absolute Gasteiger partial charge is 0.417 e. The lowest BCUT2D eigenvalue weighted by Gasteiger charge is -2.54. The minimum atomic E-state index is -4.64. The number of nitriles is 1. The third kappa shape index (κ3) is 3.05. The van der Waals surface area contributed by atoms with Crippen molar-refractivity contribution < 1.29 is 23.1 Å². The number of nitrogens with zero attached hydrogens (tertiary/aromatic N) is 4. The van der Waals surface area contributed by atoms with Crippen molar-refractivity contribution in [1.82, 2.24) is 4.98 Å². The van der Waals surface area contributed by atoms with E-state index in [2.05, 4.69) is 4.98 Å². The normalized spacial score (nSPS) is 29.0. The maximum atomic E-state index is 13.7. The van der Waals surface area contributed by atoms with E-state index in [1.807, 2.05) is 11.8 Å². The molecule has 5 rings (SSSR count). The Morgan fingerprint density at radius 1 is 1.39 bits per heavy atom. The first kappa shape index (κ1) is 18.8. The largest absolute Gasteiger partial charge is 0.481 e. The van der Waals surface area contributed by atoms with Crippen LogP contribution in [0.1, 0.15) is 37.3 Å². The van der Waals surface area contributed by atoms with Crippen molar-refractivity contribution in [3.8, 4) is 6.07 Å². The maximum Gasteiger partial charge on any atom is 0.417 e. The van der Waals surface area contributed by atoms with Crippen molar-refractivity contribution in [3.05, 3.63) is 17.2 Å². The SMILES string of the molecule is C[C@H]1CCN1c1nc(N2C[C@H]3C[C@@H](C2)[C@@H]3CC(=O)O)cc(C(F)(F)F)c1C#N. The number of aromatic nitrogens is 1. The van der Waals surface area contributed by atoms with Crippen molar-refractivity contribution in [3.63, 3.8) is 0 Å². The first-order chi connectivity index (χ1) is 13.2. The maximum absolute atomic E-state index is 13.7.